The molecule has 0 saturated carbocycles. The first-order valence-corrected chi connectivity index (χ1v) is 5.51. The van der Waals surface area contributed by atoms with Crippen LogP contribution in [0, 0.1) is 5.92 Å². The molecule has 1 unspecified atom stereocenters. The second-order valence-electron chi connectivity index (χ2n) is 4.29. The van der Waals surface area contributed by atoms with Crippen molar-refractivity contribution in [2.24, 2.45) is 5.92 Å². The minimum absolute atomic E-state index is 0.141. The van der Waals surface area contributed by atoms with E-state index >= 15 is 0 Å². The maximum atomic E-state index is 12.0. The summed E-state index contributed by atoms with van der Waals surface area (Å²) in [6, 6.07) is 1.25. The van der Waals surface area contributed by atoms with Crippen LogP contribution in [0.15, 0.2) is 17.2 Å². The largest absolute Gasteiger partial charge is 0.337 e. The summed E-state index contributed by atoms with van der Waals surface area (Å²) in [5.74, 6) is 0.386. The predicted molar refractivity (Wildman–Crippen MR) is 59.2 cm³/mol. The van der Waals surface area contributed by atoms with Crippen molar-refractivity contribution in [3.05, 3.63) is 28.4 Å². The van der Waals surface area contributed by atoms with E-state index in [4.69, 9.17) is 0 Å². The number of rotatable bonds is 1. The molecule has 5 heteroatoms. The van der Waals surface area contributed by atoms with Crippen molar-refractivity contribution in [3.8, 4) is 0 Å². The van der Waals surface area contributed by atoms with Gasteiger partial charge in [-0.2, -0.15) is 0 Å². The summed E-state index contributed by atoms with van der Waals surface area (Å²) in [4.78, 5) is 31.2. The Balaban J connectivity index is 2.15. The van der Waals surface area contributed by atoms with E-state index in [0.29, 0.717) is 5.92 Å². The number of nitrogens with zero attached hydrogens (tertiary/aromatic N) is 2. The fourth-order valence-corrected chi connectivity index (χ4v) is 2.02. The number of carbonyl (C=O) groups excluding carboxylic acids is 1. The zero-order valence-corrected chi connectivity index (χ0v) is 9.27. The summed E-state index contributed by atoms with van der Waals surface area (Å²) in [5, 5.41) is 0. The predicted octanol–water partition coefficient (Wildman–Crippen LogP) is 0.642. The van der Waals surface area contributed by atoms with Crippen molar-refractivity contribution >= 4 is 5.91 Å². The van der Waals surface area contributed by atoms with Crippen LogP contribution in [0.5, 0.6) is 0 Å². The van der Waals surface area contributed by atoms with Crippen LogP contribution in [0.1, 0.15) is 30.3 Å². The smallest absolute Gasteiger partial charge is 0.272 e. The Morgan fingerprint density at radius 2 is 2.44 bits per heavy atom. The molecule has 0 radical (unpaired) electrons. The average Bonchev–Trinajstić information content (AvgIpc) is 2.28. The van der Waals surface area contributed by atoms with Crippen LogP contribution in [0.25, 0.3) is 0 Å². The first-order valence-electron chi connectivity index (χ1n) is 5.51. The second kappa shape index (κ2) is 4.47. The third-order valence-corrected chi connectivity index (χ3v) is 2.84. The molecule has 2 heterocycles. The van der Waals surface area contributed by atoms with Crippen LogP contribution >= 0.6 is 0 Å². The number of hydrogen-bond donors (Lipinski definition) is 1. The lowest BCUT2D eigenvalue weighted by atomic mass is 10.00. The van der Waals surface area contributed by atoms with E-state index in [1.54, 1.807) is 4.90 Å². The summed E-state index contributed by atoms with van der Waals surface area (Å²) < 4.78 is 0. The first-order chi connectivity index (χ1) is 7.66. The maximum absolute atomic E-state index is 12.0. The molecule has 0 spiro atoms. The molecule has 5 nitrogen and oxygen atoms in total. The second-order valence-corrected chi connectivity index (χ2v) is 4.29. The van der Waals surface area contributed by atoms with Crippen LogP contribution in [0.4, 0.5) is 0 Å². The summed E-state index contributed by atoms with van der Waals surface area (Å²) >= 11 is 0. The van der Waals surface area contributed by atoms with Gasteiger partial charge in [0, 0.05) is 19.2 Å². The highest BCUT2D eigenvalue weighted by atomic mass is 16.2. The third kappa shape index (κ3) is 2.29. The van der Waals surface area contributed by atoms with Crippen molar-refractivity contribution < 1.29 is 4.79 Å². The van der Waals surface area contributed by atoms with E-state index in [1.807, 2.05) is 0 Å². The molecule has 1 aliphatic heterocycles. The molecule has 1 aromatic heterocycles. The molecule has 1 saturated heterocycles. The number of nitrogens with one attached hydrogen (secondary N) is 1. The van der Waals surface area contributed by atoms with Crippen molar-refractivity contribution in [1.82, 2.24) is 14.9 Å². The summed E-state index contributed by atoms with van der Waals surface area (Å²) in [7, 11) is 0. The zero-order valence-electron chi connectivity index (χ0n) is 9.27. The zero-order chi connectivity index (χ0) is 11.5. The molecule has 16 heavy (non-hydrogen) atoms. The lowest BCUT2D eigenvalue weighted by molar-refractivity contribution is 0.0676. The topological polar surface area (TPSA) is 66.1 Å². The van der Waals surface area contributed by atoms with Crippen molar-refractivity contribution in [2.45, 2.75) is 19.8 Å². The summed E-state index contributed by atoms with van der Waals surface area (Å²) in [6.45, 7) is 3.65. The molecule has 1 atom stereocenters. The Morgan fingerprint density at radius 3 is 3.12 bits per heavy atom. The molecule has 0 aromatic carbocycles. The lowest BCUT2D eigenvalue weighted by Gasteiger charge is -2.30. The lowest BCUT2D eigenvalue weighted by Crippen LogP contribution is -2.39. The average molecular weight is 221 g/mol. The van der Waals surface area contributed by atoms with Gasteiger partial charge in [-0.25, -0.2) is 4.98 Å². The molecule has 86 valence electrons. The van der Waals surface area contributed by atoms with Gasteiger partial charge in [0.1, 0.15) is 5.69 Å². The van der Waals surface area contributed by atoms with Gasteiger partial charge in [-0.1, -0.05) is 6.92 Å². The SMILES string of the molecule is CC1CCCN(C(=O)c2cc(=O)[nH]cn2)C1. The highest BCUT2D eigenvalue weighted by Gasteiger charge is 2.22. The number of likely N-dealkylation sites (tertiary alicyclic amines) is 1. The van der Waals surface area contributed by atoms with Crippen molar-refractivity contribution in [3.63, 3.8) is 0 Å². The van der Waals surface area contributed by atoms with Gasteiger partial charge in [0.05, 0.1) is 6.33 Å². The summed E-state index contributed by atoms with van der Waals surface area (Å²) in [6.07, 6.45) is 3.45. The molecule has 0 bridgehead atoms. The normalized spacial score (nSPS) is 20.8. The molecule has 0 aliphatic carbocycles. The van der Waals surface area contributed by atoms with Gasteiger partial charge in [-0.05, 0) is 18.8 Å². The van der Waals surface area contributed by atoms with Crippen LogP contribution < -0.4 is 5.56 Å². The molecule has 1 aromatic rings. The van der Waals surface area contributed by atoms with Gasteiger partial charge < -0.3 is 9.88 Å². The first kappa shape index (κ1) is 10.9. The van der Waals surface area contributed by atoms with Gasteiger partial charge in [-0.15, -0.1) is 0 Å². The van der Waals surface area contributed by atoms with Gasteiger partial charge in [0.2, 0.25) is 0 Å². The highest BCUT2D eigenvalue weighted by molar-refractivity contribution is 5.92. The number of piperidine rings is 1. The van der Waals surface area contributed by atoms with Crippen molar-refractivity contribution in [2.75, 3.05) is 13.1 Å². The number of amides is 1. The minimum atomic E-state index is -0.289. The Hall–Kier alpha value is -1.65. The standard InChI is InChI=1S/C11H15N3O2/c1-8-3-2-4-14(6-8)11(16)9-5-10(15)13-7-12-9/h5,7-8H,2-4,6H2,1H3,(H,12,13,15). The van der Waals surface area contributed by atoms with Crippen LogP contribution in [0.3, 0.4) is 0 Å². The van der Waals surface area contributed by atoms with Gasteiger partial charge >= 0.3 is 0 Å². The van der Waals surface area contributed by atoms with Crippen molar-refractivity contribution in [1.29, 1.82) is 0 Å². The maximum Gasteiger partial charge on any atom is 0.272 e. The van der Waals surface area contributed by atoms with Gasteiger partial charge in [0.25, 0.3) is 11.5 Å². The minimum Gasteiger partial charge on any atom is -0.337 e. The molecular weight excluding hydrogens is 206 g/mol. The number of hydrogen-bond acceptors (Lipinski definition) is 3. The van der Waals surface area contributed by atoms with E-state index in [9.17, 15) is 9.59 Å². The van der Waals surface area contributed by atoms with E-state index in [2.05, 4.69) is 16.9 Å². The number of aromatic amines is 1. The van der Waals surface area contributed by atoms with Gasteiger partial charge in [0.15, 0.2) is 0 Å². The van der Waals surface area contributed by atoms with Crippen LogP contribution in [-0.4, -0.2) is 33.9 Å². The number of carbonyl (C=O) groups is 1. The van der Waals surface area contributed by atoms with E-state index in [0.717, 1.165) is 25.9 Å². The Bertz CT molecular complexity index is 441. The Morgan fingerprint density at radius 1 is 1.62 bits per heavy atom. The molecule has 1 amide bonds. The number of H-pyrrole nitrogens is 1. The van der Waals surface area contributed by atoms with Crippen LogP contribution in [0.2, 0.25) is 0 Å². The molecule has 1 N–H and O–H groups in total. The molecule has 1 aliphatic rings. The highest BCUT2D eigenvalue weighted by Crippen LogP contribution is 2.16. The van der Waals surface area contributed by atoms with E-state index in [1.165, 1.54) is 12.4 Å². The molecule has 2 rings (SSSR count). The fraction of sp³-hybridized carbons (Fsp3) is 0.545. The summed E-state index contributed by atoms with van der Waals surface area (Å²) in [5.41, 5.74) is -0.0544. The Labute approximate surface area is 93.5 Å². The number of aromatic nitrogens is 2. The molecular formula is C11H15N3O2. The third-order valence-electron chi connectivity index (χ3n) is 2.84. The van der Waals surface area contributed by atoms with E-state index in [-0.39, 0.29) is 17.2 Å². The van der Waals surface area contributed by atoms with Gasteiger partial charge in [-0.3, -0.25) is 9.59 Å². The quantitative estimate of drug-likeness (QED) is 0.756. The van der Waals surface area contributed by atoms with Crippen LogP contribution in [-0.2, 0) is 0 Å². The van der Waals surface area contributed by atoms with E-state index < -0.39 is 0 Å². The molecule has 1 fully saturated rings. The fourth-order valence-electron chi connectivity index (χ4n) is 2.02. The monoisotopic (exact) mass is 221 g/mol. The Kier molecular flexibility index (Phi) is 3.03.